The van der Waals surface area contributed by atoms with E-state index in [1.165, 1.54) is 79.1 Å². The van der Waals surface area contributed by atoms with Crippen LogP contribution in [0.4, 0.5) is 11.5 Å². The van der Waals surface area contributed by atoms with Gasteiger partial charge in [-0.05, 0) is 88.4 Å². The van der Waals surface area contributed by atoms with Crippen LogP contribution in [0.3, 0.4) is 0 Å². The summed E-state index contributed by atoms with van der Waals surface area (Å²) >= 11 is 1.77. The van der Waals surface area contributed by atoms with Gasteiger partial charge in [0.15, 0.2) is 0 Å². The van der Waals surface area contributed by atoms with Crippen LogP contribution in [-0.2, 0) is 25.8 Å². The number of nitrogens with one attached hydrogen (secondary N) is 2. The van der Waals surface area contributed by atoms with E-state index in [4.69, 9.17) is 0 Å². The van der Waals surface area contributed by atoms with E-state index in [1.807, 2.05) is 30.5 Å². The summed E-state index contributed by atoms with van der Waals surface area (Å²) in [6.07, 6.45) is 15.7. The lowest BCUT2D eigenvalue weighted by atomic mass is 9.86. The minimum Gasteiger partial charge on any atom is -0.355 e. The fourth-order valence-corrected chi connectivity index (χ4v) is 8.61. The minimum atomic E-state index is 0.888. The summed E-state index contributed by atoms with van der Waals surface area (Å²) in [5, 5.41) is 5.43. The summed E-state index contributed by atoms with van der Waals surface area (Å²) in [6.45, 7) is 5.83. The van der Waals surface area contributed by atoms with Gasteiger partial charge in [-0.2, -0.15) is 0 Å². The number of aliphatic imine (C=N–C) groups is 2. The Morgan fingerprint density at radius 3 is 2.17 bits per heavy atom. The second kappa shape index (κ2) is 14.4. The Labute approximate surface area is 314 Å². The average Bonchev–Trinajstić information content (AvgIpc) is 4.04. The molecule has 0 atom stereocenters. The fourth-order valence-electron chi connectivity index (χ4n) is 7.64. The smallest absolute Gasteiger partial charge is 0.137 e. The molecule has 0 spiro atoms. The Bertz CT molecular complexity index is 2460. The number of H-pyrrole nitrogens is 1. The van der Waals surface area contributed by atoms with Gasteiger partial charge < -0.3 is 15.2 Å². The first-order valence-corrected chi connectivity index (χ1v) is 19.1. The van der Waals surface area contributed by atoms with Crippen molar-refractivity contribution in [2.24, 2.45) is 9.98 Å². The molecule has 53 heavy (non-hydrogen) atoms. The van der Waals surface area contributed by atoms with E-state index in [2.05, 4.69) is 153 Å². The molecule has 2 aliphatic carbocycles. The third kappa shape index (κ3) is 6.54. The molecule has 0 radical (unpaired) electrons. The minimum absolute atomic E-state index is 0.888. The number of rotatable bonds is 0. The zero-order chi connectivity index (χ0) is 35.6. The second-order valence-corrected chi connectivity index (χ2v) is 14.4. The van der Waals surface area contributed by atoms with Gasteiger partial charge in [-0.1, -0.05) is 110 Å². The van der Waals surface area contributed by atoms with E-state index >= 15 is 0 Å². The van der Waals surface area contributed by atoms with Crippen molar-refractivity contribution in [3.63, 3.8) is 0 Å². The molecule has 12 rings (SSSR count). The van der Waals surface area contributed by atoms with Crippen LogP contribution in [-0.4, -0.2) is 28.0 Å². The maximum absolute atomic E-state index is 4.48. The van der Waals surface area contributed by atoms with Crippen LogP contribution in [0.1, 0.15) is 33.4 Å². The molecule has 6 aromatic rings. The lowest BCUT2D eigenvalue weighted by Crippen LogP contribution is -2.27. The van der Waals surface area contributed by atoms with Gasteiger partial charge in [-0.25, -0.2) is 4.99 Å². The van der Waals surface area contributed by atoms with E-state index < -0.39 is 0 Å². The molecule has 2 aromatic heterocycles. The summed E-state index contributed by atoms with van der Waals surface area (Å²) in [5.41, 5.74) is 17.2. The second-order valence-electron chi connectivity index (χ2n) is 13.5. The predicted molar refractivity (Wildman–Crippen MR) is 223 cm³/mol. The normalized spacial score (nSPS) is 15.5. The summed E-state index contributed by atoms with van der Waals surface area (Å²) in [6, 6.07) is 38.5. The number of fused-ring (bicyclic) bond motifs is 11. The molecular formula is C47H39N5S. The van der Waals surface area contributed by atoms with E-state index in [-0.39, 0.29) is 0 Å². The monoisotopic (exact) mass is 705 g/mol. The van der Waals surface area contributed by atoms with Crippen molar-refractivity contribution in [1.29, 1.82) is 0 Å². The van der Waals surface area contributed by atoms with Gasteiger partial charge in [0, 0.05) is 50.9 Å². The summed E-state index contributed by atoms with van der Waals surface area (Å²) in [4.78, 5) is 15.5. The highest BCUT2D eigenvalue weighted by Gasteiger charge is 2.24. The number of aromatic nitrogens is 1. The number of nitrogens with zero attached hydrogens (tertiary/aromatic N) is 3. The standard InChI is InChI=1S/C14H12.C12H9NS.C11H9N.C10H9N3/c1-3-7-13-11(5-1)9-10-12-6-2-4-8-14(12)13;1-8-9-6-7-14-12(9)10-4-2-3-5-11(10)13-8;1-2-4-10-8(3-1)7-9-5-6-12-11(9)10;1-2-6-13-7-8-4-5-11-10(8)12-9(13)3-1/h1-8H,9-10H2;2-7,13H,1H2;1-5H,6-7H2;1-6,11H,7H2. The van der Waals surface area contributed by atoms with Gasteiger partial charge in [-0.15, -0.1) is 11.3 Å². The lowest BCUT2D eigenvalue weighted by molar-refractivity contribution is 0.544. The first-order valence-electron chi connectivity index (χ1n) is 18.2. The van der Waals surface area contributed by atoms with E-state index in [0.29, 0.717) is 0 Å². The molecule has 0 saturated carbocycles. The number of thiophene rings is 1. The third-order valence-electron chi connectivity index (χ3n) is 10.3. The van der Waals surface area contributed by atoms with Crippen LogP contribution >= 0.6 is 11.3 Å². The fraction of sp³-hybridized carbons (Fsp3) is 0.106. The Hall–Kier alpha value is -6.24. The van der Waals surface area contributed by atoms with Crippen LogP contribution in [0.25, 0.3) is 27.3 Å². The topological polar surface area (TPSA) is 55.8 Å². The Kier molecular flexibility index (Phi) is 8.88. The van der Waals surface area contributed by atoms with Crippen molar-refractivity contribution < 1.29 is 0 Å². The third-order valence-corrected chi connectivity index (χ3v) is 11.2. The highest BCUT2D eigenvalue weighted by Crippen LogP contribution is 2.42. The van der Waals surface area contributed by atoms with Crippen molar-refractivity contribution in [2.45, 2.75) is 25.8 Å². The van der Waals surface area contributed by atoms with E-state index in [0.717, 1.165) is 42.5 Å². The zero-order valence-electron chi connectivity index (χ0n) is 29.4. The summed E-state index contributed by atoms with van der Waals surface area (Å²) in [5.74, 6) is 2.00. The molecule has 6 heterocycles. The molecule has 6 aliphatic rings. The maximum Gasteiger partial charge on any atom is 0.137 e. The number of amidine groups is 1. The van der Waals surface area contributed by atoms with Crippen LogP contribution in [0, 0.1) is 0 Å². The first kappa shape index (κ1) is 32.7. The first-order chi connectivity index (χ1) is 26.2. The molecule has 0 fully saturated rings. The highest BCUT2D eigenvalue weighted by atomic mass is 32.1. The van der Waals surface area contributed by atoms with E-state index in [9.17, 15) is 0 Å². The average molecular weight is 706 g/mol. The molecule has 0 saturated heterocycles. The lowest BCUT2D eigenvalue weighted by Gasteiger charge is -2.25. The molecular weight excluding hydrogens is 667 g/mol. The Morgan fingerprint density at radius 2 is 1.38 bits per heavy atom. The van der Waals surface area contributed by atoms with E-state index in [1.54, 1.807) is 11.3 Å². The van der Waals surface area contributed by atoms with Gasteiger partial charge in [-0.3, -0.25) is 4.99 Å². The number of hydrogen-bond donors (Lipinski definition) is 2. The zero-order valence-corrected chi connectivity index (χ0v) is 30.2. The highest BCUT2D eigenvalue weighted by molar-refractivity contribution is 7.14. The van der Waals surface area contributed by atoms with Crippen LogP contribution < -0.4 is 5.32 Å². The van der Waals surface area contributed by atoms with Crippen molar-refractivity contribution in [2.75, 3.05) is 11.9 Å². The predicted octanol–water partition coefficient (Wildman–Crippen LogP) is 11.2. The molecule has 4 aromatic carbocycles. The van der Waals surface area contributed by atoms with Crippen molar-refractivity contribution >= 4 is 40.1 Å². The Balaban J connectivity index is 0.0000000938. The van der Waals surface area contributed by atoms with Gasteiger partial charge in [0.05, 0.1) is 18.8 Å². The molecule has 6 heteroatoms. The molecule has 5 nitrogen and oxygen atoms in total. The quantitative estimate of drug-likeness (QED) is 0.165. The van der Waals surface area contributed by atoms with Crippen LogP contribution in [0.2, 0.25) is 0 Å². The van der Waals surface area contributed by atoms with Crippen molar-refractivity contribution in [3.8, 4) is 21.6 Å². The van der Waals surface area contributed by atoms with Gasteiger partial charge in [0.25, 0.3) is 0 Å². The summed E-state index contributed by atoms with van der Waals surface area (Å²) in [7, 11) is 0. The number of aromatic amines is 1. The molecule has 4 aliphatic heterocycles. The van der Waals surface area contributed by atoms with Crippen molar-refractivity contribution in [1.82, 2.24) is 9.88 Å². The SMILES string of the molecule is C1=C2Cc3ccccc3C2=NC1.C1=CC2=Nc3[nH]ccc3CN2C=C1.C=C1Nc2ccccc2-c2sccc21.c1ccc2c(c1)CCc1ccccc1-2. The van der Waals surface area contributed by atoms with Gasteiger partial charge in [0.1, 0.15) is 11.7 Å². The number of benzene rings is 4. The number of hydrogen-bond acceptors (Lipinski definition) is 5. The Morgan fingerprint density at radius 1 is 0.679 bits per heavy atom. The number of anilines is 1. The molecule has 258 valence electrons. The van der Waals surface area contributed by atoms with Gasteiger partial charge >= 0.3 is 0 Å². The largest absolute Gasteiger partial charge is 0.355 e. The molecule has 0 bridgehead atoms. The molecule has 2 N–H and O–H groups in total. The number of aryl methyl sites for hydroxylation is 2. The number of para-hydroxylation sites is 1. The van der Waals surface area contributed by atoms with Crippen LogP contribution in [0.15, 0.2) is 173 Å². The van der Waals surface area contributed by atoms with Crippen LogP contribution in [0.5, 0.6) is 0 Å². The van der Waals surface area contributed by atoms with Crippen molar-refractivity contribution in [3.05, 3.63) is 197 Å². The maximum atomic E-state index is 4.48. The molecule has 0 unspecified atom stereocenters. The summed E-state index contributed by atoms with van der Waals surface area (Å²) < 4.78 is 0. The van der Waals surface area contributed by atoms with Gasteiger partial charge in [0.2, 0.25) is 0 Å². The number of allylic oxidation sites excluding steroid dienone is 3. The molecule has 0 amide bonds.